The van der Waals surface area contributed by atoms with Crippen LogP contribution in [0.15, 0.2) is 24.5 Å². The molecule has 0 saturated carbocycles. The minimum Gasteiger partial charge on any atom is -0.350 e. The van der Waals surface area contributed by atoms with Crippen LogP contribution < -0.4 is 10.6 Å². The van der Waals surface area contributed by atoms with Crippen LogP contribution in [-0.4, -0.2) is 24.5 Å². The molecule has 0 aromatic carbocycles. The second-order valence-electron chi connectivity index (χ2n) is 3.42. The van der Waals surface area contributed by atoms with Crippen molar-refractivity contribution in [1.82, 2.24) is 15.6 Å². The van der Waals surface area contributed by atoms with Crippen LogP contribution in [0.3, 0.4) is 0 Å². The van der Waals surface area contributed by atoms with Crippen LogP contribution in [0.1, 0.15) is 24.9 Å². The average molecular weight is 207 g/mol. The molecule has 0 saturated heterocycles. The van der Waals surface area contributed by atoms with E-state index in [4.69, 9.17) is 0 Å². The second-order valence-corrected chi connectivity index (χ2v) is 3.42. The van der Waals surface area contributed by atoms with Crippen LogP contribution in [-0.2, 0) is 4.79 Å². The molecule has 1 aromatic rings. The normalized spacial score (nSPS) is 12.1. The van der Waals surface area contributed by atoms with Crippen molar-refractivity contribution in [3.63, 3.8) is 0 Å². The van der Waals surface area contributed by atoms with Crippen LogP contribution >= 0.6 is 0 Å². The van der Waals surface area contributed by atoms with Gasteiger partial charge < -0.3 is 10.6 Å². The Morgan fingerprint density at radius 1 is 1.47 bits per heavy atom. The molecule has 2 N–H and O–H groups in total. The molecule has 0 aliphatic heterocycles. The smallest absolute Gasteiger partial charge is 0.221 e. The Balaban J connectivity index is 2.42. The summed E-state index contributed by atoms with van der Waals surface area (Å²) in [7, 11) is 1.83. The fourth-order valence-electron chi connectivity index (χ4n) is 1.29. The Morgan fingerprint density at radius 3 is 2.73 bits per heavy atom. The second kappa shape index (κ2) is 6.14. The molecule has 0 radical (unpaired) electrons. The molecule has 1 amide bonds. The van der Waals surface area contributed by atoms with Crippen LogP contribution in [0.2, 0.25) is 0 Å². The quantitative estimate of drug-likeness (QED) is 0.753. The van der Waals surface area contributed by atoms with Crippen molar-refractivity contribution in [2.24, 2.45) is 0 Å². The summed E-state index contributed by atoms with van der Waals surface area (Å²) >= 11 is 0. The van der Waals surface area contributed by atoms with E-state index in [9.17, 15) is 4.79 Å². The number of hydrogen-bond donors (Lipinski definition) is 2. The highest BCUT2D eigenvalue weighted by atomic mass is 16.1. The van der Waals surface area contributed by atoms with Gasteiger partial charge in [0.15, 0.2) is 0 Å². The third kappa shape index (κ3) is 4.08. The number of carbonyl (C=O) groups is 1. The predicted octanol–water partition coefficient (Wildman–Crippen LogP) is 0.868. The topological polar surface area (TPSA) is 54.0 Å². The maximum Gasteiger partial charge on any atom is 0.221 e. The summed E-state index contributed by atoms with van der Waals surface area (Å²) in [6, 6.07) is 3.85. The standard InChI is InChI=1S/C11H17N3O/c1-9(10-3-7-13-8-4-10)14-11(15)5-6-12-2/h3-4,7-9,12H,5-6H2,1-2H3,(H,14,15). The van der Waals surface area contributed by atoms with E-state index < -0.39 is 0 Å². The Bertz CT molecular complexity index is 300. The summed E-state index contributed by atoms with van der Waals surface area (Å²) in [5.74, 6) is 0.0636. The van der Waals surface area contributed by atoms with Gasteiger partial charge in [0.1, 0.15) is 0 Å². The Hall–Kier alpha value is -1.42. The molecular formula is C11H17N3O. The van der Waals surface area contributed by atoms with Crippen molar-refractivity contribution in [1.29, 1.82) is 0 Å². The highest BCUT2D eigenvalue weighted by Crippen LogP contribution is 2.09. The Kier molecular flexibility index (Phi) is 4.77. The molecule has 0 aliphatic carbocycles. The first-order chi connectivity index (χ1) is 7.24. The first-order valence-electron chi connectivity index (χ1n) is 5.08. The predicted molar refractivity (Wildman–Crippen MR) is 59.3 cm³/mol. The lowest BCUT2D eigenvalue weighted by molar-refractivity contribution is -0.121. The summed E-state index contributed by atoms with van der Waals surface area (Å²) in [5.41, 5.74) is 1.07. The SMILES string of the molecule is CNCCC(=O)NC(C)c1ccncc1. The van der Waals surface area contributed by atoms with E-state index >= 15 is 0 Å². The average Bonchev–Trinajstić information content (AvgIpc) is 2.27. The molecule has 1 rings (SSSR count). The third-order valence-corrected chi connectivity index (χ3v) is 2.19. The summed E-state index contributed by atoms with van der Waals surface area (Å²) in [6.07, 6.45) is 3.96. The van der Waals surface area contributed by atoms with Crippen molar-refractivity contribution in [2.75, 3.05) is 13.6 Å². The van der Waals surface area contributed by atoms with Gasteiger partial charge in [0.25, 0.3) is 0 Å². The molecule has 15 heavy (non-hydrogen) atoms. The van der Waals surface area contributed by atoms with E-state index in [1.165, 1.54) is 0 Å². The largest absolute Gasteiger partial charge is 0.350 e. The number of rotatable bonds is 5. The molecule has 1 unspecified atom stereocenters. The number of aromatic nitrogens is 1. The highest BCUT2D eigenvalue weighted by molar-refractivity contribution is 5.76. The number of nitrogens with zero attached hydrogens (tertiary/aromatic N) is 1. The van der Waals surface area contributed by atoms with Gasteiger partial charge in [0.05, 0.1) is 6.04 Å². The fraction of sp³-hybridized carbons (Fsp3) is 0.455. The fourth-order valence-corrected chi connectivity index (χ4v) is 1.29. The summed E-state index contributed by atoms with van der Waals surface area (Å²) in [4.78, 5) is 15.4. The molecule has 0 aliphatic rings. The van der Waals surface area contributed by atoms with Gasteiger partial charge in [-0.15, -0.1) is 0 Å². The van der Waals surface area contributed by atoms with E-state index in [2.05, 4.69) is 15.6 Å². The van der Waals surface area contributed by atoms with E-state index in [1.807, 2.05) is 26.1 Å². The lowest BCUT2D eigenvalue weighted by Gasteiger charge is -2.13. The van der Waals surface area contributed by atoms with Crippen molar-refractivity contribution in [2.45, 2.75) is 19.4 Å². The van der Waals surface area contributed by atoms with E-state index in [-0.39, 0.29) is 11.9 Å². The molecule has 4 nitrogen and oxygen atoms in total. The molecule has 0 bridgehead atoms. The van der Waals surface area contributed by atoms with Crippen LogP contribution in [0, 0.1) is 0 Å². The van der Waals surface area contributed by atoms with Gasteiger partial charge in [-0.05, 0) is 31.7 Å². The number of amides is 1. The maximum absolute atomic E-state index is 11.4. The lowest BCUT2D eigenvalue weighted by atomic mass is 10.1. The van der Waals surface area contributed by atoms with Gasteiger partial charge in [0, 0.05) is 25.4 Å². The van der Waals surface area contributed by atoms with Gasteiger partial charge in [0.2, 0.25) is 5.91 Å². The van der Waals surface area contributed by atoms with Gasteiger partial charge in [-0.1, -0.05) is 0 Å². The molecule has 1 atom stereocenters. The molecule has 82 valence electrons. The minimum atomic E-state index is 0.0392. The van der Waals surface area contributed by atoms with E-state index in [0.29, 0.717) is 13.0 Å². The summed E-state index contributed by atoms with van der Waals surface area (Å²) in [5, 5.41) is 5.87. The van der Waals surface area contributed by atoms with Crippen molar-refractivity contribution >= 4 is 5.91 Å². The number of carbonyl (C=O) groups excluding carboxylic acids is 1. The zero-order chi connectivity index (χ0) is 11.1. The highest BCUT2D eigenvalue weighted by Gasteiger charge is 2.07. The first kappa shape index (κ1) is 11.7. The zero-order valence-corrected chi connectivity index (χ0v) is 9.16. The van der Waals surface area contributed by atoms with E-state index in [0.717, 1.165) is 5.56 Å². The van der Waals surface area contributed by atoms with Crippen molar-refractivity contribution in [3.05, 3.63) is 30.1 Å². The summed E-state index contributed by atoms with van der Waals surface area (Å²) in [6.45, 7) is 2.67. The van der Waals surface area contributed by atoms with Gasteiger partial charge >= 0.3 is 0 Å². The minimum absolute atomic E-state index is 0.0392. The Morgan fingerprint density at radius 2 is 2.13 bits per heavy atom. The van der Waals surface area contributed by atoms with Crippen LogP contribution in [0.25, 0.3) is 0 Å². The summed E-state index contributed by atoms with van der Waals surface area (Å²) < 4.78 is 0. The van der Waals surface area contributed by atoms with Gasteiger partial charge in [-0.2, -0.15) is 0 Å². The van der Waals surface area contributed by atoms with Crippen molar-refractivity contribution in [3.8, 4) is 0 Å². The number of pyridine rings is 1. The molecule has 1 heterocycles. The van der Waals surface area contributed by atoms with Crippen LogP contribution in [0.4, 0.5) is 0 Å². The van der Waals surface area contributed by atoms with Crippen LogP contribution in [0.5, 0.6) is 0 Å². The van der Waals surface area contributed by atoms with E-state index in [1.54, 1.807) is 12.4 Å². The zero-order valence-electron chi connectivity index (χ0n) is 9.16. The van der Waals surface area contributed by atoms with Crippen molar-refractivity contribution < 1.29 is 4.79 Å². The third-order valence-electron chi connectivity index (χ3n) is 2.19. The first-order valence-corrected chi connectivity index (χ1v) is 5.08. The Labute approximate surface area is 90.1 Å². The molecule has 4 heteroatoms. The number of hydrogen-bond acceptors (Lipinski definition) is 3. The molecule has 0 fully saturated rings. The maximum atomic E-state index is 11.4. The lowest BCUT2D eigenvalue weighted by Crippen LogP contribution is -2.29. The van der Waals surface area contributed by atoms with Gasteiger partial charge in [-0.3, -0.25) is 9.78 Å². The molecular weight excluding hydrogens is 190 g/mol. The molecule has 1 aromatic heterocycles. The van der Waals surface area contributed by atoms with Gasteiger partial charge in [-0.25, -0.2) is 0 Å². The number of nitrogens with one attached hydrogen (secondary N) is 2. The molecule has 0 spiro atoms. The monoisotopic (exact) mass is 207 g/mol.